The highest BCUT2D eigenvalue weighted by molar-refractivity contribution is 6.00. The minimum absolute atomic E-state index is 0.184. The second-order valence-corrected chi connectivity index (χ2v) is 6.90. The molecule has 1 amide bonds. The molecule has 1 aromatic rings. The molecule has 0 radical (unpaired) electrons. The fraction of sp³-hybridized carbons (Fsp3) is 0.650. The van der Waals surface area contributed by atoms with E-state index in [1.807, 2.05) is 18.2 Å². The lowest BCUT2D eigenvalue weighted by Crippen LogP contribution is -2.45. The summed E-state index contributed by atoms with van der Waals surface area (Å²) in [6, 6.07) is 8.39. The molecular formula is C20H30N2O3. The molecule has 5 heteroatoms. The zero-order valence-corrected chi connectivity index (χ0v) is 15.3. The van der Waals surface area contributed by atoms with Gasteiger partial charge in [-0.1, -0.05) is 12.1 Å². The Labute approximate surface area is 150 Å². The number of nitrogens with zero attached hydrogens (tertiary/aromatic N) is 2. The first kappa shape index (κ1) is 18.2. The van der Waals surface area contributed by atoms with Crippen LogP contribution in [-0.4, -0.2) is 63.4 Å². The maximum atomic E-state index is 13.3. The van der Waals surface area contributed by atoms with E-state index in [0.29, 0.717) is 6.04 Å². The van der Waals surface area contributed by atoms with Crippen LogP contribution in [0.3, 0.4) is 0 Å². The van der Waals surface area contributed by atoms with Crippen molar-refractivity contribution in [3.8, 4) is 0 Å². The van der Waals surface area contributed by atoms with E-state index >= 15 is 0 Å². The van der Waals surface area contributed by atoms with Crippen molar-refractivity contribution >= 4 is 11.6 Å². The van der Waals surface area contributed by atoms with Crippen molar-refractivity contribution in [3.05, 3.63) is 29.8 Å². The predicted octanol–water partition coefficient (Wildman–Crippen LogP) is 2.94. The van der Waals surface area contributed by atoms with E-state index in [-0.39, 0.29) is 5.91 Å². The smallest absolute Gasteiger partial charge is 0.256 e. The minimum Gasteiger partial charge on any atom is -0.385 e. The molecule has 2 saturated heterocycles. The van der Waals surface area contributed by atoms with Crippen LogP contribution in [0.15, 0.2) is 24.3 Å². The molecule has 0 bridgehead atoms. The lowest BCUT2D eigenvalue weighted by atomic mass is 9.96. The van der Waals surface area contributed by atoms with Gasteiger partial charge in [-0.05, 0) is 44.2 Å². The average Bonchev–Trinajstić information content (AvgIpc) is 2.69. The molecule has 2 aliphatic heterocycles. The Morgan fingerprint density at radius 2 is 2.00 bits per heavy atom. The molecule has 0 spiro atoms. The van der Waals surface area contributed by atoms with Crippen molar-refractivity contribution < 1.29 is 14.3 Å². The highest BCUT2D eigenvalue weighted by Gasteiger charge is 2.29. The Hall–Kier alpha value is -1.59. The van der Waals surface area contributed by atoms with Crippen LogP contribution in [0, 0.1) is 0 Å². The maximum Gasteiger partial charge on any atom is 0.256 e. The third-order valence-electron chi connectivity index (χ3n) is 5.26. The molecule has 0 N–H and O–H groups in total. The van der Waals surface area contributed by atoms with E-state index in [9.17, 15) is 4.79 Å². The maximum absolute atomic E-state index is 13.3. The summed E-state index contributed by atoms with van der Waals surface area (Å²) in [5.41, 5.74) is 1.89. The Kier molecular flexibility index (Phi) is 6.70. The molecule has 25 heavy (non-hydrogen) atoms. The van der Waals surface area contributed by atoms with Crippen molar-refractivity contribution in [1.82, 2.24) is 4.90 Å². The third kappa shape index (κ3) is 4.53. The van der Waals surface area contributed by atoms with Crippen LogP contribution >= 0.6 is 0 Å². The van der Waals surface area contributed by atoms with Crippen molar-refractivity contribution in [2.45, 2.75) is 38.1 Å². The second kappa shape index (κ2) is 9.20. The number of anilines is 1. The molecule has 0 unspecified atom stereocenters. The molecule has 1 aromatic carbocycles. The van der Waals surface area contributed by atoms with Crippen LogP contribution in [0.5, 0.6) is 0 Å². The first-order valence-electron chi connectivity index (χ1n) is 9.53. The van der Waals surface area contributed by atoms with Crippen molar-refractivity contribution in [2.24, 2.45) is 0 Å². The standard InChI is InChI=1S/C20H30N2O3/c1-24-14-6-8-17-7-4-5-11-22(17)20(23)18-9-2-3-10-19(18)21-12-15-25-16-13-21/h2-3,9-10,17H,4-8,11-16H2,1H3/t17-/m0/s1. The summed E-state index contributed by atoms with van der Waals surface area (Å²) in [5, 5.41) is 0. The fourth-order valence-corrected chi connectivity index (χ4v) is 3.92. The molecule has 1 atom stereocenters. The number of likely N-dealkylation sites (tertiary alicyclic amines) is 1. The first-order chi connectivity index (χ1) is 12.3. The number of carbonyl (C=O) groups excluding carboxylic acids is 1. The highest BCUT2D eigenvalue weighted by atomic mass is 16.5. The quantitative estimate of drug-likeness (QED) is 0.743. The van der Waals surface area contributed by atoms with Crippen LogP contribution in [0.2, 0.25) is 0 Å². The van der Waals surface area contributed by atoms with Crippen molar-refractivity contribution in [1.29, 1.82) is 0 Å². The van der Waals surface area contributed by atoms with Gasteiger partial charge in [0.15, 0.2) is 0 Å². The van der Waals surface area contributed by atoms with E-state index in [4.69, 9.17) is 9.47 Å². The van der Waals surface area contributed by atoms with E-state index < -0.39 is 0 Å². The minimum atomic E-state index is 0.184. The lowest BCUT2D eigenvalue weighted by Gasteiger charge is -2.37. The summed E-state index contributed by atoms with van der Waals surface area (Å²) in [4.78, 5) is 17.7. The third-order valence-corrected chi connectivity index (χ3v) is 5.26. The van der Waals surface area contributed by atoms with Crippen LogP contribution in [0.25, 0.3) is 0 Å². The highest BCUT2D eigenvalue weighted by Crippen LogP contribution is 2.28. The van der Waals surface area contributed by atoms with Gasteiger partial charge in [0.05, 0.1) is 18.8 Å². The SMILES string of the molecule is COCCC[C@@H]1CCCCN1C(=O)c1ccccc1N1CCOCC1. The summed E-state index contributed by atoms with van der Waals surface area (Å²) in [5.74, 6) is 0.184. The Morgan fingerprint density at radius 3 is 2.80 bits per heavy atom. The Bertz CT molecular complexity index is 558. The molecule has 0 saturated carbocycles. The predicted molar refractivity (Wildman–Crippen MR) is 99.3 cm³/mol. The van der Waals surface area contributed by atoms with E-state index in [1.54, 1.807) is 7.11 Å². The van der Waals surface area contributed by atoms with Gasteiger partial charge in [0.2, 0.25) is 0 Å². The van der Waals surface area contributed by atoms with Gasteiger partial charge < -0.3 is 19.3 Å². The summed E-state index contributed by atoms with van der Waals surface area (Å²) in [6.07, 6.45) is 5.46. The van der Waals surface area contributed by atoms with Gasteiger partial charge in [0, 0.05) is 45.1 Å². The second-order valence-electron chi connectivity index (χ2n) is 6.90. The number of hydrogen-bond acceptors (Lipinski definition) is 4. The number of piperidine rings is 1. The number of para-hydroxylation sites is 1. The number of ether oxygens (including phenoxy) is 2. The summed E-state index contributed by atoms with van der Waals surface area (Å²) >= 11 is 0. The van der Waals surface area contributed by atoms with E-state index in [2.05, 4.69) is 15.9 Å². The van der Waals surface area contributed by atoms with Gasteiger partial charge in [0.25, 0.3) is 5.91 Å². The summed E-state index contributed by atoms with van der Waals surface area (Å²) in [7, 11) is 1.74. The molecule has 0 aliphatic carbocycles. The van der Waals surface area contributed by atoms with Gasteiger partial charge in [-0.25, -0.2) is 0 Å². The Morgan fingerprint density at radius 1 is 1.20 bits per heavy atom. The normalized spacial score (nSPS) is 21.4. The molecule has 2 fully saturated rings. The Balaban J connectivity index is 1.76. The van der Waals surface area contributed by atoms with E-state index in [0.717, 1.165) is 76.4 Å². The monoisotopic (exact) mass is 346 g/mol. The molecular weight excluding hydrogens is 316 g/mol. The molecule has 3 rings (SSSR count). The van der Waals surface area contributed by atoms with Gasteiger partial charge >= 0.3 is 0 Å². The van der Waals surface area contributed by atoms with Crippen LogP contribution in [0.1, 0.15) is 42.5 Å². The first-order valence-corrected chi connectivity index (χ1v) is 9.53. The number of hydrogen-bond donors (Lipinski definition) is 0. The molecule has 0 aromatic heterocycles. The molecule has 5 nitrogen and oxygen atoms in total. The summed E-state index contributed by atoms with van der Waals surface area (Å²) in [6.45, 7) is 4.79. The van der Waals surface area contributed by atoms with Crippen molar-refractivity contribution in [3.63, 3.8) is 0 Å². The number of methoxy groups -OCH3 is 1. The average molecular weight is 346 g/mol. The van der Waals surface area contributed by atoms with Crippen LogP contribution in [-0.2, 0) is 9.47 Å². The van der Waals surface area contributed by atoms with Gasteiger partial charge in [-0.2, -0.15) is 0 Å². The molecule has 2 aliphatic rings. The van der Waals surface area contributed by atoms with Gasteiger partial charge in [0.1, 0.15) is 0 Å². The topological polar surface area (TPSA) is 42.0 Å². The number of carbonyl (C=O) groups is 1. The number of benzene rings is 1. The number of amides is 1. The zero-order chi connectivity index (χ0) is 17.5. The van der Waals surface area contributed by atoms with Gasteiger partial charge in [-0.3, -0.25) is 4.79 Å². The molecule has 2 heterocycles. The van der Waals surface area contributed by atoms with Crippen LogP contribution in [0.4, 0.5) is 5.69 Å². The van der Waals surface area contributed by atoms with Crippen LogP contribution < -0.4 is 4.90 Å². The fourth-order valence-electron chi connectivity index (χ4n) is 3.92. The summed E-state index contributed by atoms with van der Waals surface area (Å²) < 4.78 is 10.7. The largest absolute Gasteiger partial charge is 0.385 e. The zero-order valence-electron chi connectivity index (χ0n) is 15.3. The number of rotatable bonds is 6. The lowest BCUT2D eigenvalue weighted by molar-refractivity contribution is 0.0585. The number of morpholine rings is 1. The van der Waals surface area contributed by atoms with Crippen molar-refractivity contribution in [2.75, 3.05) is 51.5 Å². The molecule has 138 valence electrons. The van der Waals surface area contributed by atoms with Gasteiger partial charge in [-0.15, -0.1) is 0 Å². The van der Waals surface area contributed by atoms with E-state index in [1.165, 1.54) is 6.42 Å².